The van der Waals surface area contributed by atoms with Crippen molar-refractivity contribution in [1.82, 2.24) is 4.90 Å². The van der Waals surface area contributed by atoms with Gasteiger partial charge in [0.15, 0.2) is 0 Å². The molecule has 0 aliphatic carbocycles. The van der Waals surface area contributed by atoms with Crippen molar-refractivity contribution in [2.45, 2.75) is 25.9 Å². The van der Waals surface area contributed by atoms with Crippen molar-refractivity contribution in [1.29, 1.82) is 0 Å². The molecule has 1 aromatic rings. The topological polar surface area (TPSA) is 42.4 Å². The molecule has 2 heterocycles. The summed E-state index contributed by atoms with van der Waals surface area (Å²) in [7, 11) is 2.17. The van der Waals surface area contributed by atoms with E-state index < -0.39 is 0 Å². The Kier molecular flexibility index (Phi) is 4.54. The van der Waals surface area contributed by atoms with Crippen LogP contribution in [-0.2, 0) is 6.54 Å². The maximum absolute atomic E-state index is 5.95. The molecule has 1 aliphatic rings. The number of nitrogens with zero attached hydrogens (tertiary/aromatic N) is 1. The summed E-state index contributed by atoms with van der Waals surface area (Å²) in [5.74, 6) is 4.33. The third kappa shape index (κ3) is 3.06. The van der Waals surface area contributed by atoms with Gasteiger partial charge in [-0.1, -0.05) is 0 Å². The molecule has 3 nitrogen and oxygen atoms in total. The Labute approximate surface area is 108 Å². The molecule has 1 fully saturated rings. The molecular formula is C13H22N2OS. The first-order chi connectivity index (χ1) is 8.22. The van der Waals surface area contributed by atoms with E-state index in [4.69, 9.17) is 10.2 Å². The largest absolute Gasteiger partial charge is 0.469 e. The van der Waals surface area contributed by atoms with E-state index in [0.29, 0.717) is 6.04 Å². The highest BCUT2D eigenvalue weighted by molar-refractivity contribution is 7.99. The molecule has 0 aromatic carbocycles. The molecule has 2 unspecified atom stereocenters. The van der Waals surface area contributed by atoms with Crippen LogP contribution in [0.3, 0.4) is 0 Å². The Balaban J connectivity index is 1.97. The van der Waals surface area contributed by atoms with Crippen molar-refractivity contribution < 1.29 is 4.42 Å². The molecular weight excluding hydrogens is 232 g/mol. The molecule has 2 atom stereocenters. The molecule has 1 saturated heterocycles. The van der Waals surface area contributed by atoms with Crippen molar-refractivity contribution in [3.05, 3.63) is 23.7 Å². The highest BCUT2D eigenvalue weighted by atomic mass is 32.2. The summed E-state index contributed by atoms with van der Waals surface area (Å²) >= 11 is 2.05. The summed E-state index contributed by atoms with van der Waals surface area (Å²) in [5, 5.41) is 0. The third-order valence-electron chi connectivity index (χ3n) is 3.70. The van der Waals surface area contributed by atoms with Crippen LogP contribution in [0.15, 0.2) is 16.7 Å². The third-order valence-corrected chi connectivity index (χ3v) is 4.89. The molecule has 2 rings (SSSR count). The van der Waals surface area contributed by atoms with Gasteiger partial charge in [-0.3, -0.25) is 4.90 Å². The minimum Gasteiger partial charge on any atom is -0.469 e. The number of likely N-dealkylation sites (N-methyl/N-ethyl adjacent to an activating group) is 1. The molecule has 0 radical (unpaired) electrons. The summed E-state index contributed by atoms with van der Waals surface area (Å²) in [4.78, 5) is 2.38. The number of hydrogen-bond acceptors (Lipinski definition) is 4. The average molecular weight is 254 g/mol. The van der Waals surface area contributed by atoms with Gasteiger partial charge in [-0.05, 0) is 43.9 Å². The van der Waals surface area contributed by atoms with Gasteiger partial charge in [0.05, 0.1) is 6.26 Å². The molecule has 17 heavy (non-hydrogen) atoms. The van der Waals surface area contributed by atoms with Crippen LogP contribution in [0.25, 0.3) is 0 Å². The first-order valence-corrected chi connectivity index (χ1v) is 7.39. The zero-order chi connectivity index (χ0) is 12.3. The van der Waals surface area contributed by atoms with E-state index in [9.17, 15) is 0 Å². The zero-order valence-corrected chi connectivity index (χ0v) is 11.5. The van der Waals surface area contributed by atoms with Gasteiger partial charge < -0.3 is 10.2 Å². The number of rotatable bonds is 5. The van der Waals surface area contributed by atoms with Crippen LogP contribution in [0.1, 0.15) is 17.7 Å². The van der Waals surface area contributed by atoms with Gasteiger partial charge in [-0.2, -0.15) is 11.8 Å². The second-order valence-electron chi connectivity index (χ2n) is 4.84. The first kappa shape index (κ1) is 13.0. The predicted octanol–water partition coefficient (Wildman–Crippen LogP) is 2.10. The van der Waals surface area contributed by atoms with E-state index in [1.165, 1.54) is 23.5 Å². The van der Waals surface area contributed by atoms with Crippen LogP contribution in [-0.4, -0.2) is 36.0 Å². The van der Waals surface area contributed by atoms with Crippen LogP contribution >= 0.6 is 11.8 Å². The lowest BCUT2D eigenvalue weighted by Crippen LogP contribution is -2.43. The molecule has 96 valence electrons. The van der Waals surface area contributed by atoms with E-state index in [1.54, 1.807) is 6.26 Å². The quantitative estimate of drug-likeness (QED) is 0.874. The second kappa shape index (κ2) is 5.94. The molecule has 1 aromatic heterocycles. The highest BCUT2D eigenvalue weighted by Crippen LogP contribution is 2.28. The molecule has 0 spiro atoms. The predicted molar refractivity (Wildman–Crippen MR) is 73.2 cm³/mol. The fourth-order valence-electron chi connectivity index (χ4n) is 2.55. The molecule has 0 amide bonds. The lowest BCUT2D eigenvalue weighted by atomic mass is 9.97. The number of nitrogens with two attached hydrogens (primary N) is 1. The van der Waals surface area contributed by atoms with E-state index in [-0.39, 0.29) is 0 Å². The van der Waals surface area contributed by atoms with Crippen LogP contribution in [0.4, 0.5) is 0 Å². The Bertz CT molecular complexity index is 347. The molecule has 0 saturated carbocycles. The highest BCUT2D eigenvalue weighted by Gasteiger charge is 2.27. The summed E-state index contributed by atoms with van der Waals surface area (Å²) in [5.41, 5.74) is 7.22. The van der Waals surface area contributed by atoms with E-state index >= 15 is 0 Å². The van der Waals surface area contributed by atoms with Crippen molar-refractivity contribution in [2.24, 2.45) is 11.7 Å². The van der Waals surface area contributed by atoms with Crippen molar-refractivity contribution in [3.63, 3.8) is 0 Å². The first-order valence-electron chi connectivity index (χ1n) is 6.23. The number of aryl methyl sites for hydroxylation is 1. The van der Waals surface area contributed by atoms with Crippen LogP contribution in [0.2, 0.25) is 0 Å². The van der Waals surface area contributed by atoms with Gasteiger partial charge in [0, 0.05) is 24.7 Å². The molecule has 1 aliphatic heterocycles. The fourth-order valence-corrected chi connectivity index (χ4v) is 3.88. The van der Waals surface area contributed by atoms with Gasteiger partial charge in [0.1, 0.15) is 5.76 Å². The fraction of sp³-hybridized carbons (Fsp3) is 0.692. The van der Waals surface area contributed by atoms with Gasteiger partial charge >= 0.3 is 0 Å². The molecule has 0 bridgehead atoms. The van der Waals surface area contributed by atoms with Crippen molar-refractivity contribution in [3.8, 4) is 0 Å². The number of hydrogen-bond donors (Lipinski definition) is 1. The Morgan fingerprint density at radius 1 is 1.65 bits per heavy atom. The summed E-state index contributed by atoms with van der Waals surface area (Å²) in [6, 6.07) is 2.56. The minimum atomic E-state index is 0.499. The van der Waals surface area contributed by atoms with Gasteiger partial charge in [-0.15, -0.1) is 0 Å². The molecule has 4 heteroatoms. The Morgan fingerprint density at radius 2 is 2.47 bits per heavy atom. The minimum absolute atomic E-state index is 0.499. The Morgan fingerprint density at radius 3 is 3.00 bits per heavy atom. The summed E-state index contributed by atoms with van der Waals surface area (Å²) in [6.07, 6.45) is 3.07. The molecule has 2 N–H and O–H groups in total. The van der Waals surface area contributed by atoms with E-state index in [2.05, 4.69) is 29.8 Å². The van der Waals surface area contributed by atoms with Crippen LogP contribution in [0, 0.1) is 12.8 Å². The van der Waals surface area contributed by atoms with Crippen LogP contribution < -0.4 is 5.73 Å². The number of thioether (sulfide) groups is 1. The van der Waals surface area contributed by atoms with E-state index in [1.807, 2.05) is 6.92 Å². The zero-order valence-electron chi connectivity index (χ0n) is 10.7. The lowest BCUT2D eigenvalue weighted by Gasteiger charge is -2.31. The number of furan rings is 1. The second-order valence-corrected chi connectivity index (χ2v) is 5.99. The standard InChI is InChI=1S/C13H22N2OS/c1-10-11(3-5-16-10)8-15(2)13(7-14)12-4-6-17-9-12/h3,5,12-13H,4,6-9,14H2,1-2H3. The maximum Gasteiger partial charge on any atom is 0.105 e. The Hall–Kier alpha value is -0.450. The van der Waals surface area contributed by atoms with Gasteiger partial charge in [0.25, 0.3) is 0 Å². The average Bonchev–Trinajstić information content (AvgIpc) is 2.93. The van der Waals surface area contributed by atoms with Crippen molar-refractivity contribution >= 4 is 11.8 Å². The smallest absolute Gasteiger partial charge is 0.105 e. The normalized spacial score (nSPS) is 22.2. The lowest BCUT2D eigenvalue weighted by molar-refractivity contribution is 0.183. The van der Waals surface area contributed by atoms with Gasteiger partial charge in [-0.25, -0.2) is 0 Å². The maximum atomic E-state index is 5.95. The monoisotopic (exact) mass is 254 g/mol. The van der Waals surface area contributed by atoms with Crippen molar-refractivity contribution in [2.75, 3.05) is 25.1 Å². The van der Waals surface area contributed by atoms with Gasteiger partial charge in [0.2, 0.25) is 0 Å². The van der Waals surface area contributed by atoms with E-state index in [0.717, 1.165) is 24.8 Å². The van der Waals surface area contributed by atoms with Crippen LogP contribution in [0.5, 0.6) is 0 Å². The summed E-state index contributed by atoms with van der Waals surface area (Å²) < 4.78 is 5.34. The summed E-state index contributed by atoms with van der Waals surface area (Å²) in [6.45, 7) is 3.70. The SMILES string of the molecule is Cc1occc1CN(C)C(CN)C1CCSC1.